The second kappa shape index (κ2) is 5.65. The second-order valence-electron chi connectivity index (χ2n) is 4.55. The van der Waals surface area contributed by atoms with E-state index in [1.54, 1.807) is 12.1 Å². The molecule has 1 aromatic carbocycles. The summed E-state index contributed by atoms with van der Waals surface area (Å²) in [4.78, 5) is 0. The van der Waals surface area contributed by atoms with Gasteiger partial charge >= 0.3 is 0 Å². The monoisotopic (exact) mass is 253 g/mol. The van der Waals surface area contributed by atoms with E-state index >= 15 is 0 Å². The Labute approximate surface area is 107 Å². The topological polar surface area (TPSA) is 41.5 Å². The number of aromatic hydroxyl groups is 1. The molecule has 0 spiro atoms. The lowest BCUT2D eigenvalue weighted by molar-refractivity contribution is 0.306. The standard InChI is InChI=1S/C13H19NO2S/c1-9(8-17-2)6-14-12-7-16-13-5-10(15)3-4-11(12)13/h3-5,9,12,14-15H,6-8H2,1-2H3. The molecule has 2 unspecified atom stereocenters. The molecule has 0 amide bonds. The van der Waals surface area contributed by atoms with Crippen molar-refractivity contribution in [2.24, 2.45) is 5.92 Å². The number of ether oxygens (including phenoxy) is 1. The van der Waals surface area contributed by atoms with Crippen molar-refractivity contribution < 1.29 is 9.84 Å². The third-order valence-electron chi connectivity index (χ3n) is 2.94. The van der Waals surface area contributed by atoms with Gasteiger partial charge in [0.25, 0.3) is 0 Å². The molecule has 0 aliphatic carbocycles. The zero-order valence-corrected chi connectivity index (χ0v) is 11.1. The van der Waals surface area contributed by atoms with Gasteiger partial charge in [0.1, 0.15) is 18.1 Å². The van der Waals surface area contributed by atoms with Crippen molar-refractivity contribution in [1.82, 2.24) is 5.32 Å². The van der Waals surface area contributed by atoms with Crippen molar-refractivity contribution >= 4 is 11.8 Å². The summed E-state index contributed by atoms with van der Waals surface area (Å²) >= 11 is 1.88. The van der Waals surface area contributed by atoms with E-state index in [0.29, 0.717) is 12.5 Å². The Morgan fingerprint density at radius 2 is 2.41 bits per heavy atom. The molecule has 4 heteroatoms. The number of phenols is 1. The predicted molar refractivity (Wildman–Crippen MR) is 71.9 cm³/mol. The first-order chi connectivity index (χ1) is 8.20. The van der Waals surface area contributed by atoms with Crippen LogP contribution < -0.4 is 10.1 Å². The molecule has 0 aromatic heterocycles. The summed E-state index contributed by atoms with van der Waals surface area (Å²) in [6, 6.07) is 5.60. The van der Waals surface area contributed by atoms with Gasteiger partial charge in [0.15, 0.2) is 0 Å². The van der Waals surface area contributed by atoms with Crippen molar-refractivity contribution in [3.05, 3.63) is 23.8 Å². The van der Waals surface area contributed by atoms with Gasteiger partial charge in [-0.25, -0.2) is 0 Å². The normalized spacial score (nSPS) is 19.8. The van der Waals surface area contributed by atoms with Crippen LogP contribution in [0.15, 0.2) is 18.2 Å². The van der Waals surface area contributed by atoms with Crippen LogP contribution in [0.25, 0.3) is 0 Å². The SMILES string of the molecule is CSCC(C)CNC1COc2cc(O)ccc21. The van der Waals surface area contributed by atoms with Gasteiger partial charge in [-0.05, 0) is 36.6 Å². The number of hydrogen-bond donors (Lipinski definition) is 2. The van der Waals surface area contributed by atoms with E-state index in [-0.39, 0.29) is 11.8 Å². The summed E-state index contributed by atoms with van der Waals surface area (Å²) in [5.41, 5.74) is 1.15. The molecule has 0 saturated carbocycles. The number of fused-ring (bicyclic) bond motifs is 1. The van der Waals surface area contributed by atoms with E-state index in [2.05, 4.69) is 18.5 Å². The average Bonchev–Trinajstić information content (AvgIpc) is 2.69. The molecule has 94 valence electrons. The fourth-order valence-corrected chi connectivity index (χ4v) is 2.74. The molecule has 0 fully saturated rings. The molecule has 0 radical (unpaired) electrons. The van der Waals surface area contributed by atoms with Crippen LogP contribution in [0.4, 0.5) is 0 Å². The third kappa shape index (κ3) is 3.07. The molecule has 2 atom stereocenters. The van der Waals surface area contributed by atoms with E-state index in [0.717, 1.165) is 17.9 Å². The highest BCUT2D eigenvalue weighted by Crippen LogP contribution is 2.34. The van der Waals surface area contributed by atoms with Crippen molar-refractivity contribution in [1.29, 1.82) is 0 Å². The van der Waals surface area contributed by atoms with Gasteiger partial charge in [-0.2, -0.15) is 11.8 Å². The third-order valence-corrected chi connectivity index (χ3v) is 3.84. The Morgan fingerprint density at radius 3 is 3.18 bits per heavy atom. The quantitative estimate of drug-likeness (QED) is 0.845. The number of rotatable bonds is 5. The van der Waals surface area contributed by atoms with Gasteiger partial charge in [0, 0.05) is 11.6 Å². The largest absolute Gasteiger partial charge is 0.508 e. The lowest BCUT2D eigenvalue weighted by Gasteiger charge is -2.15. The number of thioether (sulfide) groups is 1. The zero-order chi connectivity index (χ0) is 12.3. The predicted octanol–water partition coefficient (Wildman–Crippen LogP) is 2.41. The Morgan fingerprint density at radius 1 is 1.59 bits per heavy atom. The van der Waals surface area contributed by atoms with Crippen LogP contribution in [-0.4, -0.2) is 30.3 Å². The van der Waals surface area contributed by atoms with Crippen LogP contribution in [0.1, 0.15) is 18.5 Å². The first-order valence-corrected chi connectivity index (χ1v) is 7.28. The van der Waals surface area contributed by atoms with Crippen LogP contribution in [0.3, 0.4) is 0 Å². The zero-order valence-electron chi connectivity index (χ0n) is 10.3. The lowest BCUT2D eigenvalue weighted by Crippen LogP contribution is -2.28. The van der Waals surface area contributed by atoms with Gasteiger partial charge in [-0.15, -0.1) is 0 Å². The maximum Gasteiger partial charge on any atom is 0.127 e. The summed E-state index contributed by atoms with van der Waals surface area (Å²) in [6.07, 6.45) is 2.13. The minimum atomic E-state index is 0.259. The van der Waals surface area contributed by atoms with Gasteiger partial charge in [-0.1, -0.05) is 6.92 Å². The van der Waals surface area contributed by atoms with E-state index < -0.39 is 0 Å². The van der Waals surface area contributed by atoms with E-state index in [9.17, 15) is 5.11 Å². The van der Waals surface area contributed by atoms with E-state index in [1.165, 1.54) is 5.75 Å². The molecular weight excluding hydrogens is 234 g/mol. The molecule has 0 saturated heterocycles. The van der Waals surface area contributed by atoms with Crippen LogP contribution in [0, 0.1) is 5.92 Å². The molecule has 1 aliphatic heterocycles. The molecule has 1 aromatic rings. The summed E-state index contributed by atoms with van der Waals surface area (Å²) in [5, 5.41) is 12.9. The number of nitrogens with one attached hydrogen (secondary N) is 1. The lowest BCUT2D eigenvalue weighted by atomic mass is 10.1. The number of hydrogen-bond acceptors (Lipinski definition) is 4. The van der Waals surface area contributed by atoms with Crippen molar-refractivity contribution in [2.75, 3.05) is 25.2 Å². The molecule has 3 nitrogen and oxygen atoms in total. The minimum absolute atomic E-state index is 0.259. The first-order valence-electron chi connectivity index (χ1n) is 5.88. The highest BCUT2D eigenvalue weighted by Gasteiger charge is 2.24. The fraction of sp³-hybridized carbons (Fsp3) is 0.538. The van der Waals surface area contributed by atoms with E-state index in [1.807, 2.05) is 17.8 Å². The number of benzene rings is 1. The Hall–Kier alpha value is -0.870. The summed E-state index contributed by atoms with van der Waals surface area (Å²) in [6.45, 7) is 3.90. The Balaban J connectivity index is 1.93. The smallest absolute Gasteiger partial charge is 0.127 e. The van der Waals surface area contributed by atoms with Crippen molar-refractivity contribution in [3.8, 4) is 11.5 Å². The summed E-state index contributed by atoms with van der Waals surface area (Å²) in [7, 11) is 0. The molecule has 2 rings (SSSR count). The molecule has 2 N–H and O–H groups in total. The maximum absolute atomic E-state index is 9.37. The number of phenolic OH excluding ortho intramolecular Hbond substituents is 1. The van der Waals surface area contributed by atoms with Crippen molar-refractivity contribution in [3.63, 3.8) is 0 Å². The van der Waals surface area contributed by atoms with Crippen LogP contribution in [0.2, 0.25) is 0 Å². The van der Waals surface area contributed by atoms with Crippen LogP contribution in [0.5, 0.6) is 11.5 Å². The van der Waals surface area contributed by atoms with E-state index in [4.69, 9.17) is 4.74 Å². The van der Waals surface area contributed by atoms with Crippen LogP contribution in [-0.2, 0) is 0 Å². The molecule has 1 aliphatic rings. The summed E-state index contributed by atoms with van der Waals surface area (Å²) < 4.78 is 5.56. The van der Waals surface area contributed by atoms with Gasteiger partial charge in [0.05, 0.1) is 6.04 Å². The fourth-order valence-electron chi connectivity index (χ4n) is 2.05. The van der Waals surface area contributed by atoms with Gasteiger partial charge < -0.3 is 15.2 Å². The van der Waals surface area contributed by atoms with Crippen molar-refractivity contribution in [2.45, 2.75) is 13.0 Å². The molecule has 1 heterocycles. The van der Waals surface area contributed by atoms with Gasteiger partial charge in [0.2, 0.25) is 0 Å². The molecule has 0 bridgehead atoms. The molecule has 17 heavy (non-hydrogen) atoms. The first kappa shape index (κ1) is 12.6. The Kier molecular flexibility index (Phi) is 4.18. The average molecular weight is 253 g/mol. The minimum Gasteiger partial charge on any atom is -0.508 e. The summed E-state index contributed by atoms with van der Waals surface area (Å²) in [5.74, 6) is 2.90. The van der Waals surface area contributed by atoms with Crippen LogP contribution >= 0.6 is 11.8 Å². The second-order valence-corrected chi connectivity index (χ2v) is 5.47. The molecular formula is C13H19NO2S. The van der Waals surface area contributed by atoms with Gasteiger partial charge in [-0.3, -0.25) is 0 Å². The highest BCUT2D eigenvalue weighted by atomic mass is 32.2. The Bertz CT molecular complexity index is 384. The highest BCUT2D eigenvalue weighted by molar-refractivity contribution is 7.98. The maximum atomic E-state index is 9.37.